The Labute approximate surface area is 124 Å². The number of nitrogens with zero attached hydrogens (tertiary/aromatic N) is 1. The van der Waals surface area contributed by atoms with Crippen molar-refractivity contribution in [1.82, 2.24) is 4.57 Å². The quantitative estimate of drug-likeness (QED) is 0.937. The molecule has 0 amide bonds. The second kappa shape index (κ2) is 5.72. The molecule has 4 nitrogen and oxygen atoms in total. The minimum Gasteiger partial charge on any atom is -0.480 e. The van der Waals surface area contributed by atoms with E-state index in [1.165, 1.54) is 10.1 Å². The largest absolute Gasteiger partial charge is 0.480 e. The van der Waals surface area contributed by atoms with Crippen molar-refractivity contribution in [2.24, 2.45) is 5.92 Å². The Kier molecular flexibility index (Phi) is 4.16. The topological polar surface area (TPSA) is 59.3 Å². The summed E-state index contributed by atoms with van der Waals surface area (Å²) in [4.78, 5) is 24.0. The molecular formula is C17H21NO3. The van der Waals surface area contributed by atoms with Crippen molar-refractivity contribution in [1.29, 1.82) is 0 Å². The number of rotatable bonds is 4. The number of hydrogen-bond donors (Lipinski definition) is 1. The fourth-order valence-corrected chi connectivity index (χ4v) is 2.58. The van der Waals surface area contributed by atoms with Gasteiger partial charge in [-0.15, -0.1) is 0 Å². The lowest BCUT2D eigenvalue weighted by Crippen LogP contribution is -2.32. The van der Waals surface area contributed by atoms with Crippen LogP contribution in [0.1, 0.15) is 45.2 Å². The molecule has 112 valence electrons. The van der Waals surface area contributed by atoms with Crippen molar-refractivity contribution in [3.63, 3.8) is 0 Å². The van der Waals surface area contributed by atoms with Crippen molar-refractivity contribution >= 4 is 16.7 Å². The van der Waals surface area contributed by atoms with E-state index in [0.29, 0.717) is 11.3 Å². The SMILES string of the molecule is CC(C)c1ccc2c(=O)n(C(C(=O)O)C(C)C)ccc2c1. The molecule has 0 radical (unpaired) electrons. The summed E-state index contributed by atoms with van der Waals surface area (Å²) in [6.45, 7) is 7.80. The molecule has 1 aromatic heterocycles. The number of benzene rings is 1. The zero-order valence-corrected chi connectivity index (χ0v) is 12.8. The first kappa shape index (κ1) is 15.3. The third-order valence-electron chi connectivity index (χ3n) is 3.81. The van der Waals surface area contributed by atoms with E-state index in [1.807, 2.05) is 18.2 Å². The van der Waals surface area contributed by atoms with Gasteiger partial charge in [0.1, 0.15) is 6.04 Å². The van der Waals surface area contributed by atoms with Gasteiger partial charge in [-0.1, -0.05) is 39.8 Å². The standard InChI is InChI=1S/C17H21NO3/c1-10(2)12-5-6-14-13(9-12)7-8-18(16(14)19)15(11(3)4)17(20)21/h5-11,15H,1-4H3,(H,20,21). The van der Waals surface area contributed by atoms with E-state index in [0.717, 1.165) is 5.39 Å². The van der Waals surface area contributed by atoms with Crippen LogP contribution in [-0.4, -0.2) is 15.6 Å². The van der Waals surface area contributed by atoms with Crippen LogP contribution < -0.4 is 5.56 Å². The highest BCUT2D eigenvalue weighted by atomic mass is 16.4. The molecule has 1 atom stereocenters. The van der Waals surface area contributed by atoms with Gasteiger partial charge in [0.05, 0.1) is 0 Å². The molecule has 2 aromatic rings. The minimum absolute atomic E-state index is 0.160. The van der Waals surface area contributed by atoms with Crippen molar-refractivity contribution < 1.29 is 9.90 Å². The number of hydrogen-bond acceptors (Lipinski definition) is 2. The Morgan fingerprint density at radius 3 is 2.33 bits per heavy atom. The predicted molar refractivity (Wildman–Crippen MR) is 83.8 cm³/mol. The van der Waals surface area contributed by atoms with Gasteiger partial charge in [-0.05, 0) is 34.9 Å². The molecule has 0 saturated carbocycles. The van der Waals surface area contributed by atoms with Gasteiger partial charge in [0.2, 0.25) is 0 Å². The smallest absolute Gasteiger partial charge is 0.327 e. The second-order valence-electron chi connectivity index (χ2n) is 6.06. The van der Waals surface area contributed by atoms with Gasteiger partial charge in [-0.2, -0.15) is 0 Å². The van der Waals surface area contributed by atoms with E-state index in [9.17, 15) is 14.7 Å². The van der Waals surface area contributed by atoms with Gasteiger partial charge in [0.15, 0.2) is 0 Å². The van der Waals surface area contributed by atoms with Crippen LogP contribution in [0.4, 0.5) is 0 Å². The molecule has 1 N–H and O–H groups in total. The monoisotopic (exact) mass is 287 g/mol. The summed E-state index contributed by atoms with van der Waals surface area (Å²) in [5.41, 5.74) is 0.919. The predicted octanol–water partition coefficient (Wildman–Crippen LogP) is 3.41. The van der Waals surface area contributed by atoms with Crippen LogP contribution >= 0.6 is 0 Å². The number of fused-ring (bicyclic) bond motifs is 1. The highest BCUT2D eigenvalue weighted by Crippen LogP contribution is 2.21. The van der Waals surface area contributed by atoms with Crippen LogP contribution in [0.25, 0.3) is 10.8 Å². The average molecular weight is 287 g/mol. The summed E-state index contributed by atoms with van der Waals surface area (Å²) in [6, 6.07) is 6.71. The summed E-state index contributed by atoms with van der Waals surface area (Å²) >= 11 is 0. The first-order valence-electron chi connectivity index (χ1n) is 7.20. The van der Waals surface area contributed by atoms with Gasteiger partial charge in [-0.25, -0.2) is 4.79 Å². The Balaban J connectivity index is 2.64. The molecule has 0 aliphatic heterocycles. The molecule has 0 fully saturated rings. The van der Waals surface area contributed by atoms with Crippen LogP contribution in [0, 0.1) is 5.92 Å². The third-order valence-corrected chi connectivity index (χ3v) is 3.81. The molecule has 0 bridgehead atoms. The van der Waals surface area contributed by atoms with Gasteiger partial charge in [-0.3, -0.25) is 4.79 Å². The van der Waals surface area contributed by atoms with Crippen LogP contribution in [0.15, 0.2) is 35.3 Å². The van der Waals surface area contributed by atoms with Crippen LogP contribution in [0.2, 0.25) is 0 Å². The Hall–Kier alpha value is -2.10. The molecular weight excluding hydrogens is 266 g/mol. The van der Waals surface area contributed by atoms with E-state index >= 15 is 0 Å². The highest BCUT2D eigenvalue weighted by Gasteiger charge is 2.24. The second-order valence-corrected chi connectivity index (χ2v) is 6.06. The lowest BCUT2D eigenvalue weighted by atomic mass is 9.99. The van der Waals surface area contributed by atoms with Crippen LogP contribution in [0.5, 0.6) is 0 Å². The first-order valence-corrected chi connectivity index (χ1v) is 7.20. The van der Waals surface area contributed by atoms with E-state index in [2.05, 4.69) is 13.8 Å². The van der Waals surface area contributed by atoms with Gasteiger partial charge in [0, 0.05) is 11.6 Å². The summed E-state index contributed by atoms with van der Waals surface area (Å²) in [5.74, 6) is -0.753. The highest BCUT2D eigenvalue weighted by molar-refractivity contribution is 5.83. The summed E-state index contributed by atoms with van der Waals surface area (Å²) in [7, 11) is 0. The molecule has 1 aromatic carbocycles. The van der Waals surface area contributed by atoms with Crippen molar-refractivity contribution in [3.05, 3.63) is 46.4 Å². The lowest BCUT2D eigenvalue weighted by molar-refractivity contribution is -0.142. The number of aromatic nitrogens is 1. The van der Waals surface area contributed by atoms with Gasteiger partial charge in [0.25, 0.3) is 5.56 Å². The maximum atomic E-state index is 12.6. The van der Waals surface area contributed by atoms with Crippen LogP contribution in [-0.2, 0) is 4.79 Å². The van der Waals surface area contributed by atoms with E-state index in [1.54, 1.807) is 26.1 Å². The number of pyridine rings is 1. The zero-order valence-electron chi connectivity index (χ0n) is 12.8. The van der Waals surface area contributed by atoms with E-state index in [-0.39, 0.29) is 11.5 Å². The minimum atomic E-state index is -0.981. The molecule has 0 spiro atoms. The molecule has 0 saturated heterocycles. The number of aliphatic carboxylic acids is 1. The first-order chi connectivity index (χ1) is 9.82. The third kappa shape index (κ3) is 2.84. The van der Waals surface area contributed by atoms with Crippen LogP contribution in [0.3, 0.4) is 0 Å². The molecule has 2 rings (SSSR count). The van der Waals surface area contributed by atoms with Gasteiger partial charge >= 0.3 is 5.97 Å². The molecule has 0 aliphatic carbocycles. The maximum Gasteiger partial charge on any atom is 0.327 e. The fraction of sp³-hybridized carbons (Fsp3) is 0.412. The zero-order chi connectivity index (χ0) is 15.7. The Morgan fingerprint density at radius 1 is 1.14 bits per heavy atom. The van der Waals surface area contributed by atoms with Crippen molar-refractivity contribution in [3.8, 4) is 0 Å². The fourth-order valence-electron chi connectivity index (χ4n) is 2.58. The molecule has 21 heavy (non-hydrogen) atoms. The molecule has 1 heterocycles. The van der Waals surface area contributed by atoms with Gasteiger partial charge < -0.3 is 9.67 Å². The Bertz CT molecular complexity index is 728. The molecule has 1 unspecified atom stereocenters. The normalized spacial score (nSPS) is 13.0. The number of carboxylic acid groups (broad SMARTS) is 1. The molecule has 4 heteroatoms. The number of carbonyl (C=O) groups is 1. The molecule has 0 aliphatic rings. The van der Waals surface area contributed by atoms with E-state index in [4.69, 9.17) is 0 Å². The van der Waals surface area contributed by atoms with Crippen molar-refractivity contribution in [2.75, 3.05) is 0 Å². The maximum absolute atomic E-state index is 12.6. The summed E-state index contributed by atoms with van der Waals surface area (Å²) in [5, 5.41) is 10.8. The van der Waals surface area contributed by atoms with Crippen molar-refractivity contribution in [2.45, 2.75) is 39.7 Å². The lowest BCUT2D eigenvalue weighted by Gasteiger charge is -2.19. The summed E-state index contributed by atoms with van der Waals surface area (Å²) < 4.78 is 1.32. The average Bonchev–Trinajstić information content (AvgIpc) is 2.40. The number of carboxylic acids is 1. The van der Waals surface area contributed by atoms with E-state index < -0.39 is 12.0 Å². The summed E-state index contributed by atoms with van der Waals surface area (Å²) in [6.07, 6.45) is 1.59. The Morgan fingerprint density at radius 2 is 1.81 bits per heavy atom.